The minimum atomic E-state index is -4.42. The van der Waals surface area contributed by atoms with Crippen LogP contribution in [-0.4, -0.2) is 22.7 Å². The SMILES string of the molecule is O=C(NC1(C(F)(F)F)CC1)c1ccc(O)cc1. The number of hydrogen-bond donors (Lipinski definition) is 2. The van der Waals surface area contributed by atoms with E-state index in [4.69, 9.17) is 5.11 Å². The molecule has 6 heteroatoms. The predicted octanol–water partition coefficient (Wildman–Crippen LogP) is 2.22. The van der Waals surface area contributed by atoms with E-state index in [1.807, 2.05) is 5.32 Å². The van der Waals surface area contributed by atoms with E-state index in [1.165, 1.54) is 24.3 Å². The van der Waals surface area contributed by atoms with Crippen molar-refractivity contribution in [3.8, 4) is 5.75 Å². The molecule has 0 bridgehead atoms. The topological polar surface area (TPSA) is 49.3 Å². The lowest BCUT2D eigenvalue weighted by Gasteiger charge is -2.20. The number of phenols is 1. The second-order valence-corrected chi connectivity index (χ2v) is 4.08. The molecule has 2 rings (SSSR count). The van der Waals surface area contributed by atoms with Gasteiger partial charge in [-0.05, 0) is 37.1 Å². The number of aromatic hydroxyl groups is 1. The Morgan fingerprint density at radius 2 is 1.76 bits per heavy atom. The molecule has 17 heavy (non-hydrogen) atoms. The number of phenolic OH excluding ortho intramolecular Hbond substituents is 1. The summed E-state index contributed by atoms with van der Waals surface area (Å²) < 4.78 is 37.7. The number of carbonyl (C=O) groups is 1. The van der Waals surface area contributed by atoms with Crippen LogP contribution in [0.25, 0.3) is 0 Å². The number of benzene rings is 1. The van der Waals surface area contributed by atoms with Crippen molar-refractivity contribution in [3.63, 3.8) is 0 Å². The van der Waals surface area contributed by atoms with Crippen molar-refractivity contribution in [2.24, 2.45) is 0 Å². The van der Waals surface area contributed by atoms with E-state index in [0.717, 1.165) is 0 Å². The quantitative estimate of drug-likeness (QED) is 0.839. The highest BCUT2D eigenvalue weighted by atomic mass is 19.4. The molecule has 3 nitrogen and oxygen atoms in total. The van der Waals surface area contributed by atoms with Gasteiger partial charge in [0.15, 0.2) is 0 Å². The number of halogens is 3. The van der Waals surface area contributed by atoms with E-state index in [2.05, 4.69) is 0 Å². The molecule has 0 unspecified atom stereocenters. The van der Waals surface area contributed by atoms with Gasteiger partial charge in [0.05, 0.1) is 0 Å². The van der Waals surface area contributed by atoms with Gasteiger partial charge in [-0.1, -0.05) is 0 Å². The normalized spacial score (nSPS) is 17.6. The first kappa shape index (κ1) is 11.8. The van der Waals surface area contributed by atoms with Gasteiger partial charge in [-0.2, -0.15) is 13.2 Å². The van der Waals surface area contributed by atoms with Crippen LogP contribution in [0.15, 0.2) is 24.3 Å². The van der Waals surface area contributed by atoms with Crippen molar-refractivity contribution in [2.45, 2.75) is 24.6 Å². The molecule has 1 aromatic rings. The van der Waals surface area contributed by atoms with Crippen LogP contribution in [0.1, 0.15) is 23.2 Å². The highest BCUT2D eigenvalue weighted by Crippen LogP contribution is 2.49. The standard InChI is InChI=1S/C11H10F3NO2/c12-11(13,14)10(5-6-10)15-9(17)7-1-3-8(16)4-2-7/h1-4,16H,5-6H2,(H,15,17). The molecule has 0 spiro atoms. The van der Waals surface area contributed by atoms with Gasteiger partial charge in [0.25, 0.3) is 5.91 Å². The smallest absolute Gasteiger partial charge is 0.411 e. The Morgan fingerprint density at radius 3 is 2.18 bits per heavy atom. The molecule has 1 fully saturated rings. The molecule has 0 aliphatic heterocycles. The maximum atomic E-state index is 12.6. The number of rotatable bonds is 2. The molecule has 1 amide bonds. The van der Waals surface area contributed by atoms with Crippen molar-refractivity contribution < 1.29 is 23.1 Å². The van der Waals surface area contributed by atoms with Crippen LogP contribution in [0.5, 0.6) is 5.75 Å². The van der Waals surface area contributed by atoms with E-state index < -0.39 is 17.6 Å². The first-order valence-corrected chi connectivity index (χ1v) is 5.02. The van der Waals surface area contributed by atoms with E-state index in [9.17, 15) is 18.0 Å². The molecule has 1 aliphatic carbocycles. The van der Waals surface area contributed by atoms with Crippen molar-refractivity contribution in [1.29, 1.82) is 0 Å². The lowest BCUT2D eigenvalue weighted by Crippen LogP contribution is -2.47. The maximum Gasteiger partial charge on any atom is 0.411 e. The molecule has 0 atom stereocenters. The number of alkyl halides is 3. The van der Waals surface area contributed by atoms with Gasteiger partial charge in [0.1, 0.15) is 11.3 Å². The minimum absolute atomic E-state index is 0.0430. The van der Waals surface area contributed by atoms with Crippen molar-refractivity contribution in [1.82, 2.24) is 5.32 Å². The van der Waals surface area contributed by atoms with Crippen LogP contribution < -0.4 is 5.32 Å². The monoisotopic (exact) mass is 245 g/mol. The fourth-order valence-corrected chi connectivity index (χ4v) is 1.51. The van der Waals surface area contributed by atoms with Crippen LogP contribution in [0.2, 0.25) is 0 Å². The fraction of sp³-hybridized carbons (Fsp3) is 0.364. The Kier molecular flexibility index (Phi) is 2.52. The van der Waals surface area contributed by atoms with Gasteiger partial charge in [-0.3, -0.25) is 4.79 Å². The summed E-state index contributed by atoms with van der Waals surface area (Å²) in [7, 11) is 0. The molecule has 2 N–H and O–H groups in total. The summed E-state index contributed by atoms with van der Waals surface area (Å²) in [4.78, 5) is 11.6. The molecular formula is C11H10F3NO2. The van der Waals surface area contributed by atoms with Crippen LogP contribution in [-0.2, 0) is 0 Å². The van der Waals surface area contributed by atoms with Crippen LogP contribution in [0, 0.1) is 0 Å². The largest absolute Gasteiger partial charge is 0.508 e. The molecule has 0 heterocycles. The summed E-state index contributed by atoms with van der Waals surface area (Å²) in [5.74, 6) is -0.821. The zero-order valence-corrected chi connectivity index (χ0v) is 8.71. The summed E-state index contributed by atoms with van der Waals surface area (Å²) >= 11 is 0. The number of amides is 1. The summed E-state index contributed by atoms with van der Waals surface area (Å²) in [6, 6.07) is 5.05. The van der Waals surface area contributed by atoms with Crippen molar-refractivity contribution in [2.75, 3.05) is 0 Å². The number of carbonyl (C=O) groups excluding carboxylic acids is 1. The first-order chi connectivity index (χ1) is 7.84. The molecule has 0 radical (unpaired) electrons. The average molecular weight is 245 g/mol. The Hall–Kier alpha value is -1.72. The van der Waals surface area contributed by atoms with Crippen LogP contribution in [0.3, 0.4) is 0 Å². The Bertz CT molecular complexity index is 435. The van der Waals surface area contributed by atoms with Crippen LogP contribution >= 0.6 is 0 Å². The maximum absolute atomic E-state index is 12.6. The third-order valence-corrected chi connectivity index (χ3v) is 2.77. The molecule has 0 saturated heterocycles. The highest BCUT2D eigenvalue weighted by Gasteiger charge is 2.64. The van der Waals surface area contributed by atoms with Gasteiger partial charge < -0.3 is 10.4 Å². The Balaban J connectivity index is 2.10. The summed E-state index contributed by atoms with van der Waals surface area (Å²) in [5, 5.41) is 11.0. The van der Waals surface area contributed by atoms with Gasteiger partial charge in [0, 0.05) is 5.56 Å². The van der Waals surface area contributed by atoms with Crippen molar-refractivity contribution >= 4 is 5.91 Å². The second-order valence-electron chi connectivity index (χ2n) is 4.08. The highest BCUT2D eigenvalue weighted by molar-refractivity contribution is 5.95. The number of nitrogens with one attached hydrogen (secondary N) is 1. The lowest BCUT2D eigenvalue weighted by atomic mass is 10.1. The molecular weight excluding hydrogens is 235 g/mol. The van der Waals surface area contributed by atoms with E-state index in [1.54, 1.807) is 0 Å². The van der Waals surface area contributed by atoms with Crippen molar-refractivity contribution in [3.05, 3.63) is 29.8 Å². The molecule has 0 aromatic heterocycles. The summed E-state index contributed by atoms with van der Waals surface area (Å²) in [6.07, 6.45) is -4.58. The van der Waals surface area contributed by atoms with Gasteiger partial charge in [-0.15, -0.1) is 0 Å². The Morgan fingerprint density at radius 1 is 1.24 bits per heavy atom. The minimum Gasteiger partial charge on any atom is -0.508 e. The number of hydrogen-bond acceptors (Lipinski definition) is 2. The molecule has 1 aromatic carbocycles. The van der Waals surface area contributed by atoms with E-state index in [-0.39, 0.29) is 24.2 Å². The first-order valence-electron chi connectivity index (χ1n) is 5.02. The zero-order chi connectivity index (χ0) is 12.7. The third kappa shape index (κ3) is 2.20. The fourth-order valence-electron chi connectivity index (χ4n) is 1.51. The molecule has 1 aliphatic rings. The predicted molar refractivity (Wildman–Crippen MR) is 53.6 cm³/mol. The second kappa shape index (κ2) is 3.65. The Labute approximate surface area is 95.3 Å². The molecule has 92 valence electrons. The van der Waals surface area contributed by atoms with Gasteiger partial charge >= 0.3 is 6.18 Å². The summed E-state index contributed by atoms with van der Waals surface area (Å²) in [6.45, 7) is 0. The van der Waals surface area contributed by atoms with Gasteiger partial charge in [-0.25, -0.2) is 0 Å². The van der Waals surface area contributed by atoms with E-state index in [0.29, 0.717) is 0 Å². The zero-order valence-electron chi connectivity index (χ0n) is 8.71. The molecule has 1 saturated carbocycles. The van der Waals surface area contributed by atoms with E-state index >= 15 is 0 Å². The van der Waals surface area contributed by atoms with Gasteiger partial charge in [0.2, 0.25) is 0 Å². The lowest BCUT2D eigenvalue weighted by molar-refractivity contribution is -0.163. The van der Waals surface area contributed by atoms with Crippen LogP contribution in [0.4, 0.5) is 13.2 Å². The average Bonchev–Trinajstić information content (AvgIpc) is 2.98. The third-order valence-electron chi connectivity index (χ3n) is 2.77. The summed E-state index contributed by atoms with van der Waals surface area (Å²) in [5.41, 5.74) is -1.96.